The largest absolute Gasteiger partial charge is 0.264 e. The fraction of sp³-hybridized carbons (Fsp3) is 0.0952. The van der Waals surface area contributed by atoms with Crippen molar-refractivity contribution in [1.82, 2.24) is 9.29 Å². The van der Waals surface area contributed by atoms with Gasteiger partial charge in [0.05, 0.1) is 22.8 Å². The van der Waals surface area contributed by atoms with Gasteiger partial charge in [-0.25, -0.2) is 8.42 Å². The van der Waals surface area contributed by atoms with Crippen LogP contribution in [-0.2, 0) is 16.6 Å². The Morgan fingerprint density at radius 3 is 2.23 bits per heavy atom. The lowest BCUT2D eigenvalue weighted by atomic mass is 10.2. The Labute approximate surface area is 154 Å². The Bertz CT molecular complexity index is 983. The van der Waals surface area contributed by atoms with Crippen molar-refractivity contribution < 1.29 is 8.42 Å². The fourth-order valence-electron chi connectivity index (χ4n) is 2.57. The Balaban J connectivity index is 2.04. The van der Waals surface area contributed by atoms with Gasteiger partial charge in [0, 0.05) is 6.20 Å². The molecule has 3 rings (SSSR count). The summed E-state index contributed by atoms with van der Waals surface area (Å²) in [5, 5.41) is 0. The van der Waals surface area contributed by atoms with Gasteiger partial charge < -0.3 is 0 Å². The zero-order valence-corrected chi connectivity index (χ0v) is 15.4. The van der Waals surface area contributed by atoms with Crippen molar-refractivity contribution >= 4 is 15.7 Å². The third kappa shape index (κ3) is 3.83. The number of aryl methyl sites for hydroxylation is 1. The molecule has 4 nitrogen and oxygen atoms in total. The quantitative estimate of drug-likeness (QED) is 0.657. The summed E-state index contributed by atoms with van der Waals surface area (Å²) in [7, 11) is -3.77. The van der Waals surface area contributed by atoms with E-state index in [1.54, 1.807) is 42.6 Å². The summed E-state index contributed by atoms with van der Waals surface area (Å²) >= 11 is 0. The molecule has 0 aliphatic carbocycles. The normalized spacial score (nSPS) is 11.1. The summed E-state index contributed by atoms with van der Waals surface area (Å²) in [5.41, 5.74) is 2.75. The van der Waals surface area contributed by atoms with Crippen molar-refractivity contribution in [1.29, 1.82) is 0 Å². The van der Waals surface area contributed by atoms with E-state index in [9.17, 15) is 8.42 Å². The molecule has 0 N–H and O–H groups in total. The maximum atomic E-state index is 13.3. The van der Waals surface area contributed by atoms with Crippen LogP contribution in [0.15, 0.2) is 90.5 Å². The SMILES string of the molecule is C=C(c1ccccn1)N(Cc1ccccc1)S(=O)(=O)c1ccc(C)cc1. The molecule has 3 aromatic rings. The van der Waals surface area contributed by atoms with Crippen LogP contribution < -0.4 is 0 Å². The third-order valence-electron chi connectivity index (χ3n) is 4.04. The van der Waals surface area contributed by atoms with E-state index in [1.807, 2.05) is 43.3 Å². The highest BCUT2D eigenvalue weighted by atomic mass is 32.2. The molecule has 2 aromatic carbocycles. The molecular formula is C21H20N2O2S. The second-order valence-corrected chi connectivity index (χ2v) is 7.83. The minimum atomic E-state index is -3.77. The lowest BCUT2D eigenvalue weighted by molar-refractivity contribution is 0.507. The maximum absolute atomic E-state index is 13.3. The summed E-state index contributed by atoms with van der Waals surface area (Å²) in [6.07, 6.45) is 1.62. The Hall–Kier alpha value is -2.92. The van der Waals surface area contributed by atoms with Crippen LogP contribution in [0.2, 0.25) is 0 Å². The highest BCUT2D eigenvalue weighted by Crippen LogP contribution is 2.27. The van der Waals surface area contributed by atoms with Gasteiger partial charge in [-0.3, -0.25) is 9.29 Å². The number of nitrogens with zero attached hydrogens (tertiary/aromatic N) is 2. The van der Waals surface area contributed by atoms with Gasteiger partial charge in [-0.15, -0.1) is 0 Å². The summed E-state index contributed by atoms with van der Waals surface area (Å²) in [4.78, 5) is 4.49. The van der Waals surface area contributed by atoms with Gasteiger partial charge >= 0.3 is 0 Å². The number of aromatic nitrogens is 1. The van der Waals surface area contributed by atoms with Crippen molar-refractivity contribution in [3.63, 3.8) is 0 Å². The van der Waals surface area contributed by atoms with E-state index < -0.39 is 10.0 Å². The second kappa shape index (κ2) is 7.54. The molecule has 0 saturated carbocycles. The summed E-state index contributed by atoms with van der Waals surface area (Å²) in [5.74, 6) is 0. The second-order valence-electron chi connectivity index (χ2n) is 5.97. The molecular weight excluding hydrogens is 344 g/mol. The first-order valence-electron chi connectivity index (χ1n) is 8.22. The number of hydrogen-bond donors (Lipinski definition) is 0. The topological polar surface area (TPSA) is 50.3 Å². The van der Waals surface area contributed by atoms with Crippen LogP contribution in [0.4, 0.5) is 0 Å². The molecule has 0 amide bonds. The molecule has 1 aromatic heterocycles. The molecule has 0 fully saturated rings. The van der Waals surface area contributed by atoms with Gasteiger partial charge in [0.25, 0.3) is 10.0 Å². The van der Waals surface area contributed by atoms with E-state index in [2.05, 4.69) is 11.6 Å². The molecule has 0 spiro atoms. The van der Waals surface area contributed by atoms with Gasteiger partial charge in [0.2, 0.25) is 0 Å². The molecule has 26 heavy (non-hydrogen) atoms. The Morgan fingerprint density at radius 1 is 0.962 bits per heavy atom. The first-order valence-corrected chi connectivity index (χ1v) is 9.66. The van der Waals surface area contributed by atoms with Crippen molar-refractivity contribution in [3.8, 4) is 0 Å². The van der Waals surface area contributed by atoms with Gasteiger partial charge in [-0.1, -0.05) is 60.7 Å². The minimum Gasteiger partial charge on any atom is -0.260 e. The standard InChI is InChI=1S/C21H20N2O2S/c1-17-11-13-20(14-12-17)26(24,25)23(16-19-8-4-3-5-9-19)18(2)21-10-6-7-15-22-21/h3-15H,2,16H2,1H3. The summed E-state index contributed by atoms with van der Waals surface area (Å²) < 4.78 is 27.9. The molecule has 0 aliphatic rings. The number of sulfonamides is 1. The van der Waals surface area contributed by atoms with Crippen molar-refractivity contribution in [2.45, 2.75) is 18.4 Å². The molecule has 1 heterocycles. The summed E-state index contributed by atoms with van der Waals surface area (Å²) in [6, 6.07) is 21.6. The first-order chi connectivity index (χ1) is 12.5. The lowest BCUT2D eigenvalue weighted by Gasteiger charge is -2.26. The minimum absolute atomic E-state index is 0.187. The first kappa shape index (κ1) is 17.9. The van der Waals surface area contributed by atoms with Crippen molar-refractivity contribution in [2.24, 2.45) is 0 Å². The van der Waals surface area contributed by atoms with Gasteiger partial charge in [-0.2, -0.15) is 0 Å². The third-order valence-corrected chi connectivity index (χ3v) is 5.84. The van der Waals surface area contributed by atoms with Crippen LogP contribution in [0.25, 0.3) is 5.70 Å². The molecule has 0 unspecified atom stereocenters. The molecule has 132 valence electrons. The van der Waals surface area contributed by atoms with Crippen LogP contribution >= 0.6 is 0 Å². The van der Waals surface area contributed by atoms with Crippen molar-refractivity contribution in [2.75, 3.05) is 0 Å². The van der Waals surface area contributed by atoms with Gasteiger partial charge in [0.1, 0.15) is 0 Å². The summed E-state index contributed by atoms with van der Waals surface area (Å²) in [6.45, 7) is 6.12. The zero-order chi connectivity index (χ0) is 18.6. The maximum Gasteiger partial charge on any atom is 0.264 e. The van der Waals surface area contributed by atoms with E-state index in [0.717, 1.165) is 11.1 Å². The highest BCUT2D eigenvalue weighted by molar-refractivity contribution is 7.89. The monoisotopic (exact) mass is 364 g/mol. The van der Waals surface area contributed by atoms with E-state index in [4.69, 9.17) is 0 Å². The molecule has 0 radical (unpaired) electrons. The van der Waals surface area contributed by atoms with E-state index in [-0.39, 0.29) is 11.4 Å². The highest BCUT2D eigenvalue weighted by Gasteiger charge is 2.27. The van der Waals surface area contributed by atoms with Crippen LogP contribution in [0.1, 0.15) is 16.8 Å². The van der Waals surface area contributed by atoms with Crippen LogP contribution in [0.5, 0.6) is 0 Å². The van der Waals surface area contributed by atoms with Crippen molar-refractivity contribution in [3.05, 3.63) is 102 Å². The van der Waals surface area contributed by atoms with Crippen LogP contribution in [0.3, 0.4) is 0 Å². The fourth-order valence-corrected chi connectivity index (χ4v) is 4.01. The van der Waals surface area contributed by atoms with E-state index in [0.29, 0.717) is 11.4 Å². The number of pyridine rings is 1. The van der Waals surface area contributed by atoms with Crippen LogP contribution in [0, 0.1) is 6.92 Å². The lowest BCUT2D eigenvalue weighted by Crippen LogP contribution is -2.29. The average Bonchev–Trinajstić information content (AvgIpc) is 2.67. The zero-order valence-electron chi connectivity index (χ0n) is 14.5. The van der Waals surface area contributed by atoms with Crippen LogP contribution in [-0.4, -0.2) is 17.7 Å². The predicted molar refractivity (Wildman–Crippen MR) is 104 cm³/mol. The Kier molecular flexibility index (Phi) is 5.19. The molecule has 5 heteroatoms. The molecule has 0 atom stereocenters. The molecule has 0 aliphatic heterocycles. The van der Waals surface area contributed by atoms with E-state index in [1.165, 1.54) is 4.31 Å². The Morgan fingerprint density at radius 2 is 1.62 bits per heavy atom. The van der Waals surface area contributed by atoms with Gasteiger partial charge in [0.15, 0.2) is 0 Å². The molecule has 0 bridgehead atoms. The average molecular weight is 364 g/mol. The smallest absolute Gasteiger partial charge is 0.260 e. The number of hydrogen-bond acceptors (Lipinski definition) is 3. The number of benzene rings is 2. The number of rotatable bonds is 6. The molecule has 0 saturated heterocycles. The van der Waals surface area contributed by atoms with Gasteiger partial charge in [-0.05, 0) is 36.8 Å². The predicted octanol–water partition coefficient (Wildman–Crippen LogP) is 4.25. The van der Waals surface area contributed by atoms with E-state index >= 15 is 0 Å².